The van der Waals surface area contributed by atoms with Crippen LogP contribution < -0.4 is 10.1 Å². The number of carbonyl (C=O) groups excluding carboxylic acids is 4. The number of nitrogens with one attached hydrogen (secondary N) is 1. The summed E-state index contributed by atoms with van der Waals surface area (Å²) in [5, 5.41) is 2.30. The van der Waals surface area contributed by atoms with E-state index in [4.69, 9.17) is 4.74 Å². The van der Waals surface area contributed by atoms with E-state index >= 15 is 0 Å². The molecule has 1 saturated heterocycles. The normalized spacial score (nSPS) is 19.3. The second-order valence-electron chi connectivity index (χ2n) is 6.55. The summed E-state index contributed by atoms with van der Waals surface area (Å²) in [7, 11) is 0. The summed E-state index contributed by atoms with van der Waals surface area (Å²) >= 11 is 0. The van der Waals surface area contributed by atoms with Crippen LogP contribution in [-0.4, -0.2) is 41.6 Å². The first-order valence-corrected chi connectivity index (χ1v) is 8.95. The van der Waals surface area contributed by atoms with E-state index in [-0.39, 0.29) is 18.2 Å². The highest BCUT2D eigenvalue weighted by Crippen LogP contribution is 2.33. The average Bonchev–Trinajstić information content (AvgIpc) is 2.95. The molecule has 2 aliphatic heterocycles. The number of benzene rings is 1. The van der Waals surface area contributed by atoms with Crippen LogP contribution in [-0.2, 0) is 20.9 Å². The number of imide groups is 1. The maximum atomic E-state index is 12.9. The van der Waals surface area contributed by atoms with Crippen LogP contribution in [0.1, 0.15) is 54.4 Å². The zero-order valence-electron chi connectivity index (χ0n) is 14.5. The van der Waals surface area contributed by atoms with E-state index in [9.17, 15) is 19.2 Å². The molecule has 7 nitrogen and oxygen atoms in total. The van der Waals surface area contributed by atoms with Gasteiger partial charge in [0, 0.05) is 19.4 Å². The first-order chi connectivity index (χ1) is 12.6. The second kappa shape index (κ2) is 8.12. The molecule has 0 aromatic heterocycles. The number of aldehydes is 1. The smallest absolute Gasteiger partial charge is 0.258 e. The van der Waals surface area contributed by atoms with Crippen LogP contribution in [0.2, 0.25) is 0 Å². The Bertz CT molecular complexity index is 731. The molecule has 3 rings (SSSR count). The Kier molecular flexibility index (Phi) is 5.65. The minimum absolute atomic E-state index is 0.231. The summed E-state index contributed by atoms with van der Waals surface area (Å²) in [4.78, 5) is 48.1. The highest BCUT2D eigenvalue weighted by Gasteiger charge is 2.40. The van der Waals surface area contributed by atoms with Gasteiger partial charge >= 0.3 is 0 Å². The van der Waals surface area contributed by atoms with Gasteiger partial charge in [-0.15, -0.1) is 0 Å². The van der Waals surface area contributed by atoms with Gasteiger partial charge in [0.05, 0.1) is 12.2 Å². The van der Waals surface area contributed by atoms with E-state index in [0.29, 0.717) is 37.3 Å². The maximum Gasteiger partial charge on any atom is 0.258 e. The van der Waals surface area contributed by atoms with E-state index in [1.165, 1.54) is 4.90 Å². The van der Waals surface area contributed by atoms with Crippen molar-refractivity contribution in [1.29, 1.82) is 0 Å². The van der Waals surface area contributed by atoms with Gasteiger partial charge in [-0.1, -0.05) is 12.1 Å². The Morgan fingerprint density at radius 1 is 1.19 bits per heavy atom. The lowest BCUT2D eigenvalue weighted by atomic mass is 10.0. The molecule has 26 heavy (non-hydrogen) atoms. The van der Waals surface area contributed by atoms with Crippen LogP contribution in [0.3, 0.4) is 0 Å². The topological polar surface area (TPSA) is 92.8 Å². The molecule has 2 heterocycles. The molecular formula is C19H22N2O5. The first-order valence-electron chi connectivity index (χ1n) is 8.95. The largest absolute Gasteiger partial charge is 0.493 e. The van der Waals surface area contributed by atoms with Crippen molar-refractivity contribution in [3.05, 3.63) is 29.3 Å². The van der Waals surface area contributed by atoms with Crippen molar-refractivity contribution in [3.8, 4) is 5.75 Å². The SMILES string of the molecule is O=CCCCCCOc1cccc2c1C(=O)N(C1CCC(=O)NC1=O)C2. The third kappa shape index (κ3) is 3.76. The third-order valence-electron chi connectivity index (χ3n) is 4.74. The number of carbonyl (C=O) groups is 4. The summed E-state index contributed by atoms with van der Waals surface area (Å²) in [5.74, 6) is -0.419. The van der Waals surface area contributed by atoms with E-state index in [1.807, 2.05) is 12.1 Å². The lowest BCUT2D eigenvalue weighted by Crippen LogP contribution is -2.52. The molecule has 0 saturated carbocycles. The first kappa shape index (κ1) is 18.1. The van der Waals surface area contributed by atoms with Crippen molar-refractivity contribution in [3.63, 3.8) is 0 Å². The van der Waals surface area contributed by atoms with Gasteiger partial charge in [-0.3, -0.25) is 19.7 Å². The molecule has 1 atom stereocenters. The Morgan fingerprint density at radius 3 is 2.81 bits per heavy atom. The van der Waals surface area contributed by atoms with Gasteiger partial charge in [0.1, 0.15) is 18.1 Å². The highest BCUT2D eigenvalue weighted by atomic mass is 16.5. The quantitative estimate of drug-likeness (QED) is 0.433. The molecule has 1 fully saturated rings. The van der Waals surface area contributed by atoms with Gasteiger partial charge in [-0.05, 0) is 37.3 Å². The Labute approximate surface area is 151 Å². The molecule has 0 spiro atoms. The van der Waals surface area contributed by atoms with Crippen LogP contribution in [0.5, 0.6) is 5.75 Å². The molecule has 2 aliphatic rings. The Balaban J connectivity index is 1.65. The van der Waals surface area contributed by atoms with Crippen molar-refractivity contribution < 1.29 is 23.9 Å². The average molecular weight is 358 g/mol. The molecule has 1 N–H and O–H groups in total. The third-order valence-corrected chi connectivity index (χ3v) is 4.74. The minimum atomic E-state index is -0.621. The minimum Gasteiger partial charge on any atom is -0.493 e. The number of hydrogen-bond acceptors (Lipinski definition) is 5. The number of piperidine rings is 1. The van der Waals surface area contributed by atoms with Gasteiger partial charge in [0.25, 0.3) is 5.91 Å². The van der Waals surface area contributed by atoms with Gasteiger partial charge < -0.3 is 14.4 Å². The number of amides is 3. The van der Waals surface area contributed by atoms with Crippen molar-refractivity contribution in [1.82, 2.24) is 10.2 Å². The highest BCUT2D eigenvalue weighted by molar-refractivity contribution is 6.06. The standard InChI is InChI=1S/C19H22N2O5/c22-10-3-1-2-4-11-26-15-7-5-6-13-12-21(19(25)17(13)15)14-8-9-16(23)20-18(14)24/h5-7,10,14H,1-4,8-9,11-12H2,(H,20,23,24). The van der Waals surface area contributed by atoms with E-state index in [2.05, 4.69) is 5.32 Å². The molecule has 1 unspecified atom stereocenters. The Hall–Kier alpha value is -2.70. The van der Waals surface area contributed by atoms with Crippen molar-refractivity contribution in [2.45, 2.75) is 51.1 Å². The Morgan fingerprint density at radius 2 is 2.04 bits per heavy atom. The molecule has 0 bridgehead atoms. The van der Waals surface area contributed by atoms with Crippen LogP contribution in [0.25, 0.3) is 0 Å². The molecular weight excluding hydrogens is 336 g/mol. The van der Waals surface area contributed by atoms with E-state index in [0.717, 1.165) is 31.1 Å². The van der Waals surface area contributed by atoms with Crippen LogP contribution >= 0.6 is 0 Å². The van der Waals surface area contributed by atoms with Gasteiger partial charge in [0.15, 0.2) is 0 Å². The number of nitrogens with zero attached hydrogens (tertiary/aromatic N) is 1. The number of hydrogen-bond donors (Lipinski definition) is 1. The number of ether oxygens (including phenoxy) is 1. The lowest BCUT2D eigenvalue weighted by Gasteiger charge is -2.29. The van der Waals surface area contributed by atoms with Gasteiger partial charge in [0.2, 0.25) is 11.8 Å². The molecule has 1 aromatic rings. The van der Waals surface area contributed by atoms with Crippen molar-refractivity contribution in [2.75, 3.05) is 6.61 Å². The summed E-state index contributed by atoms with van der Waals surface area (Å²) in [5.41, 5.74) is 1.34. The predicted octanol–water partition coefficient (Wildman–Crippen LogP) is 1.59. The number of rotatable bonds is 8. The summed E-state index contributed by atoms with van der Waals surface area (Å²) in [6.07, 6.45) is 4.58. The molecule has 0 aliphatic carbocycles. The number of fused-ring (bicyclic) bond motifs is 1. The lowest BCUT2D eigenvalue weighted by molar-refractivity contribution is -0.136. The molecule has 3 amide bonds. The van der Waals surface area contributed by atoms with Crippen molar-refractivity contribution >= 4 is 24.0 Å². The fraction of sp³-hybridized carbons (Fsp3) is 0.474. The fourth-order valence-corrected chi connectivity index (χ4v) is 3.39. The molecule has 138 valence electrons. The predicted molar refractivity (Wildman–Crippen MR) is 92.5 cm³/mol. The summed E-state index contributed by atoms with van der Waals surface area (Å²) in [6.45, 7) is 0.817. The summed E-state index contributed by atoms with van der Waals surface area (Å²) < 4.78 is 5.79. The molecule has 7 heteroatoms. The number of unbranched alkanes of at least 4 members (excludes halogenated alkanes) is 3. The molecule has 0 radical (unpaired) electrons. The van der Waals surface area contributed by atoms with Crippen LogP contribution in [0.4, 0.5) is 0 Å². The zero-order chi connectivity index (χ0) is 18.5. The second-order valence-corrected chi connectivity index (χ2v) is 6.55. The molecule has 1 aromatic carbocycles. The summed E-state index contributed by atoms with van der Waals surface area (Å²) in [6, 6.07) is 4.83. The maximum absolute atomic E-state index is 12.9. The van der Waals surface area contributed by atoms with Crippen LogP contribution in [0, 0.1) is 0 Å². The van der Waals surface area contributed by atoms with Gasteiger partial charge in [-0.25, -0.2) is 0 Å². The zero-order valence-corrected chi connectivity index (χ0v) is 14.5. The fourth-order valence-electron chi connectivity index (χ4n) is 3.39. The van der Waals surface area contributed by atoms with Crippen LogP contribution in [0.15, 0.2) is 18.2 Å². The van der Waals surface area contributed by atoms with Crippen molar-refractivity contribution in [2.24, 2.45) is 0 Å². The van der Waals surface area contributed by atoms with E-state index < -0.39 is 11.9 Å². The monoisotopic (exact) mass is 358 g/mol. The van der Waals surface area contributed by atoms with E-state index in [1.54, 1.807) is 6.07 Å². The van der Waals surface area contributed by atoms with Gasteiger partial charge in [-0.2, -0.15) is 0 Å².